The maximum absolute atomic E-state index is 13.3. The fourth-order valence-electron chi connectivity index (χ4n) is 4.28. The van der Waals surface area contributed by atoms with E-state index in [1.807, 2.05) is 66.9 Å². The van der Waals surface area contributed by atoms with Crippen LogP contribution in [0.5, 0.6) is 0 Å². The van der Waals surface area contributed by atoms with Crippen LogP contribution < -0.4 is 0 Å². The summed E-state index contributed by atoms with van der Waals surface area (Å²) in [7, 11) is -3.15. The number of carbonyl (C=O) groups excluding carboxylic acids is 1. The second-order valence-electron chi connectivity index (χ2n) is 8.51. The monoisotopic (exact) mass is 487 g/mol. The highest BCUT2D eigenvalue weighted by atomic mass is 32.2. The number of hydrogen-bond acceptors (Lipinski definition) is 5. The van der Waals surface area contributed by atoms with Crippen molar-refractivity contribution in [3.63, 3.8) is 0 Å². The van der Waals surface area contributed by atoms with Crippen molar-refractivity contribution in [2.75, 3.05) is 11.5 Å². The van der Waals surface area contributed by atoms with Gasteiger partial charge in [-0.15, -0.1) is 0 Å². The molecule has 0 radical (unpaired) electrons. The molecule has 1 aliphatic rings. The predicted octanol–water partition coefficient (Wildman–Crippen LogP) is 4.36. The van der Waals surface area contributed by atoms with Gasteiger partial charge in [-0.1, -0.05) is 48.5 Å². The Morgan fingerprint density at radius 3 is 2.46 bits per heavy atom. The lowest BCUT2D eigenvalue weighted by atomic mass is 10.1. The Bertz CT molecular complexity index is 1430. The Balaban J connectivity index is 1.47. The highest BCUT2D eigenvalue weighted by molar-refractivity contribution is 7.91. The van der Waals surface area contributed by atoms with E-state index in [1.54, 1.807) is 34.1 Å². The Kier molecular flexibility index (Phi) is 6.37. The highest BCUT2D eigenvalue weighted by Gasteiger charge is 2.34. The first kappa shape index (κ1) is 22.9. The Hall–Kier alpha value is -3.91. The molecular formula is C27H25N3O4S. The lowest BCUT2D eigenvalue weighted by molar-refractivity contribution is -0.128. The number of para-hydroxylation sites is 1. The van der Waals surface area contributed by atoms with Crippen molar-refractivity contribution in [1.29, 1.82) is 0 Å². The maximum Gasteiger partial charge on any atom is 0.247 e. The minimum absolute atomic E-state index is 0.0332. The van der Waals surface area contributed by atoms with E-state index in [0.717, 1.165) is 22.5 Å². The first-order chi connectivity index (χ1) is 17.0. The molecule has 7 nitrogen and oxygen atoms in total. The third kappa shape index (κ3) is 5.27. The number of hydrogen-bond donors (Lipinski definition) is 0. The van der Waals surface area contributed by atoms with Crippen molar-refractivity contribution in [3.8, 4) is 16.9 Å². The van der Waals surface area contributed by atoms with Crippen LogP contribution in [0.15, 0.2) is 95.7 Å². The molecule has 0 N–H and O–H groups in total. The predicted molar refractivity (Wildman–Crippen MR) is 134 cm³/mol. The molecule has 178 valence electrons. The smallest absolute Gasteiger partial charge is 0.247 e. The third-order valence-electron chi connectivity index (χ3n) is 6.05. The van der Waals surface area contributed by atoms with Crippen molar-refractivity contribution < 1.29 is 17.6 Å². The van der Waals surface area contributed by atoms with Gasteiger partial charge in [0, 0.05) is 29.4 Å². The molecule has 3 heterocycles. The number of sulfone groups is 1. The van der Waals surface area contributed by atoms with E-state index in [0.29, 0.717) is 12.2 Å². The minimum atomic E-state index is -3.15. The number of nitrogens with zero attached hydrogens (tertiary/aromatic N) is 3. The van der Waals surface area contributed by atoms with Crippen LogP contribution in [0.4, 0.5) is 0 Å². The SMILES string of the molecule is O=C(/C=C/c1cn(-c2ccccc2)nc1-c1ccccc1)N(Cc1ccco1)C1CCS(=O)(=O)C1. The average Bonchev–Trinajstić information content (AvgIpc) is 3.62. The fourth-order valence-corrected chi connectivity index (χ4v) is 6.01. The van der Waals surface area contributed by atoms with Crippen LogP contribution in [-0.4, -0.2) is 46.6 Å². The number of furan rings is 1. The van der Waals surface area contributed by atoms with Gasteiger partial charge in [-0.3, -0.25) is 4.79 Å². The van der Waals surface area contributed by atoms with E-state index in [1.165, 1.54) is 6.08 Å². The molecule has 0 aliphatic carbocycles. The molecule has 1 aliphatic heterocycles. The van der Waals surface area contributed by atoms with E-state index >= 15 is 0 Å². The summed E-state index contributed by atoms with van der Waals surface area (Å²) in [5.74, 6) is 0.396. The third-order valence-corrected chi connectivity index (χ3v) is 7.80. The first-order valence-corrected chi connectivity index (χ1v) is 13.2. The van der Waals surface area contributed by atoms with E-state index in [9.17, 15) is 13.2 Å². The summed E-state index contributed by atoms with van der Waals surface area (Å²) in [4.78, 5) is 14.9. The molecule has 5 rings (SSSR count). The summed E-state index contributed by atoms with van der Waals surface area (Å²) < 4.78 is 31.4. The molecule has 0 bridgehead atoms. The summed E-state index contributed by atoms with van der Waals surface area (Å²) in [6.07, 6.45) is 7.09. The molecule has 1 amide bonds. The number of amides is 1. The van der Waals surface area contributed by atoms with Crippen molar-refractivity contribution in [1.82, 2.24) is 14.7 Å². The lowest BCUT2D eigenvalue weighted by Crippen LogP contribution is -2.39. The molecule has 2 aromatic carbocycles. The van der Waals surface area contributed by atoms with Crippen LogP contribution in [0.2, 0.25) is 0 Å². The molecular weight excluding hydrogens is 462 g/mol. The van der Waals surface area contributed by atoms with Crippen LogP contribution in [-0.2, 0) is 21.2 Å². The molecule has 1 saturated heterocycles. The van der Waals surface area contributed by atoms with Crippen molar-refractivity contribution in [2.45, 2.75) is 19.0 Å². The van der Waals surface area contributed by atoms with Crippen molar-refractivity contribution >= 4 is 21.8 Å². The van der Waals surface area contributed by atoms with Crippen LogP contribution in [0, 0.1) is 0 Å². The van der Waals surface area contributed by atoms with Crippen LogP contribution in [0.25, 0.3) is 23.0 Å². The zero-order chi connectivity index (χ0) is 24.3. The van der Waals surface area contributed by atoms with Crippen LogP contribution in [0.3, 0.4) is 0 Å². The molecule has 1 unspecified atom stereocenters. The van der Waals surface area contributed by atoms with Gasteiger partial charge in [-0.05, 0) is 36.8 Å². The van der Waals surface area contributed by atoms with Crippen LogP contribution >= 0.6 is 0 Å². The number of rotatable bonds is 7. The van der Waals surface area contributed by atoms with Gasteiger partial charge in [0.25, 0.3) is 0 Å². The normalized spacial score (nSPS) is 17.1. The second kappa shape index (κ2) is 9.76. The summed E-state index contributed by atoms with van der Waals surface area (Å²) >= 11 is 0. The van der Waals surface area contributed by atoms with E-state index in [-0.39, 0.29) is 30.0 Å². The minimum Gasteiger partial charge on any atom is -0.467 e. The highest BCUT2D eigenvalue weighted by Crippen LogP contribution is 2.26. The lowest BCUT2D eigenvalue weighted by Gasteiger charge is -2.26. The van der Waals surface area contributed by atoms with Gasteiger partial charge in [-0.25, -0.2) is 13.1 Å². The van der Waals surface area contributed by atoms with Gasteiger partial charge in [0.05, 0.1) is 35.7 Å². The zero-order valence-corrected chi connectivity index (χ0v) is 19.8. The van der Waals surface area contributed by atoms with Gasteiger partial charge in [0.15, 0.2) is 9.84 Å². The van der Waals surface area contributed by atoms with E-state index in [2.05, 4.69) is 0 Å². The summed E-state index contributed by atoms with van der Waals surface area (Å²) in [6, 6.07) is 22.7. The van der Waals surface area contributed by atoms with Gasteiger partial charge >= 0.3 is 0 Å². The van der Waals surface area contributed by atoms with E-state index in [4.69, 9.17) is 9.52 Å². The molecule has 1 atom stereocenters. The van der Waals surface area contributed by atoms with Crippen molar-refractivity contribution in [2.24, 2.45) is 0 Å². The molecule has 1 fully saturated rings. The molecule has 0 saturated carbocycles. The van der Waals surface area contributed by atoms with Gasteiger partial charge in [-0.2, -0.15) is 5.10 Å². The average molecular weight is 488 g/mol. The largest absolute Gasteiger partial charge is 0.467 e. The number of carbonyl (C=O) groups is 1. The number of benzene rings is 2. The van der Waals surface area contributed by atoms with Crippen LogP contribution in [0.1, 0.15) is 17.7 Å². The maximum atomic E-state index is 13.3. The zero-order valence-electron chi connectivity index (χ0n) is 19.0. The van der Waals surface area contributed by atoms with Gasteiger partial charge < -0.3 is 9.32 Å². The molecule has 8 heteroatoms. The van der Waals surface area contributed by atoms with Gasteiger partial charge in [0.2, 0.25) is 5.91 Å². The molecule has 2 aromatic heterocycles. The number of aromatic nitrogens is 2. The molecule has 0 spiro atoms. The quantitative estimate of drug-likeness (QED) is 0.362. The Labute approximate surface area is 204 Å². The summed E-state index contributed by atoms with van der Waals surface area (Å²) in [5.41, 5.74) is 3.37. The van der Waals surface area contributed by atoms with E-state index < -0.39 is 9.84 Å². The first-order valence-electron chi connectivity index (χ1n) is 11.4. The second-order valence-corrected chi connectivity index (χ2v) is 10.7. The Morgan fingerprint density at radius 1 is 1.06 bits per heavy atom. The summed E-state index contributed by atoms with van der Waals surface area (Å²) in [5, 5.41) is 4.78. The standard InChI is InChI=1S/C27H25N3O4S/c31-26(29(19-25-12-7-16-34-25)24-15-17-35(32,33)20-24)14-13-22-18-30(23-10-5-2-6-11-23)28-27(22)21-8-3-1-4-9-21/h1-14,16,18,24H,15,17,19-20H2/b14-13+. The fraction of sp³-hybridized carbons (Fsp3) is 0.185. The summed E-state index contributed by atoms with van der Waals surface area (Å²) in [6.45, 7) is 0.213. The van der Waals surface area contributed by atoms with Crippen molar-refractivity contribution in [3.05, 3.63) is 103 Å². The topological polar surface area (TPSA) is 85.4 Å². The molecule has 4 aromatic rings. The van der Waals surface area contributed by atoms with Gasteiger partial charge in [0.1, 0.15) is 5.76 Å². The molecule has 35 heavy (non-hydrogen) atoms. The Morgan fingerprint density at radius 2 is 1.80 bits per heavy atom.